The third-order valence-electron chi connectivity index (χ3n) is 4.65. The Labute approximate surface area is 159 Å². The van der Waals surface area contributed by atoms with E-state index < -0.39 is 10.0 Å². The van der Waals surface area contributed by atoms with Crippen LogP contribution in [0.15, 0.2) is 41.3 Å². The van der Waals surface area contributed by atoms with Crippen molar-refractivity contribution < 1.29 is 13.2 Å². The van der Waals surface area contributed by atoms with Gasteiger partial charge in [-0.2, -0.15) is 4.31 Å². The number of aryl methyl sites for hydroxylation is 1. The number of nitrogens with zero attached hydrogens (tertiary/aromatic N) is 1. The van der Waals surface area contributed by atoms with Gasteiger partial charge < -0.3 is 5.32 Å². The van der Waals surface area contributed by atoms with E-state index in [4.69, 9.17) is 11.6 Å². The highest BCUT2D eigenvalue weighted by Crippen LogP contribution is 2.26. The fourth-order valence-corrected chi connectivity index (χ4v) is 4.97. The van der Waals surface area contributed by atoms with Crippen molar-refractivity contribution in [2.75, 3.05) is 18.4 Å². The average Bonchev–Trinajstić information content (AvgIpc) is 3.14. The maximum Gasteiger partial charge on any atom is 0.255 e. The molecule has 138 valence electrons. The van der Waals surface area contributed by atoms with Crippen LogP contribution in [0.4, 0.5) is 5.69 Å². The summed E-state index contributed by atoms with van der Waals surface area (Å²) in [6.07, 6.45) is 1.74. The Morgan fingerprint density at radius 1 is 1.12 bits per heavy atom. The van der Waals surface area contributed by atoms with Crippen LogP contribution in [0.25, 0.3) is 0 Å². The van der Waals surface area contributed by atoms with Crippen LogP contribution in [0.1, 0.15) is 34.3 Å². The molecule has 0 unspecified atom stereocenters. The number of rotatable bonds is 4. The molecular weight excluding hydrogens is 372 g/mol. The molecule has 1 aliphatic heterocycles. The molecule has 1 heterocycles. The van der Waals surface area contributed by atoms with Crippen LogP contribution in [0, 0.1) is 13.8 Å². The topological polar surface area (TPSA) is 66.5 Å². The van der Waals surface area contributed by atoms with Crippen LogP contribution in [0.2, 0.25) is 5.02 Å². The number of carbonyl (C=O) groups is 1. The van der Waals surface area contributed by atoms with Gasteiger partial charge in [0.2, 0.25) is 10.0 Å². The Kier molecular flexibility index (Phi) is 5.37. The monoisotopic (exact) mass is 392 g/mol. The fourth-order valence-electron chi connectivity index (χ4n) is 3.02. The lowest BCUT2D eigenvalue weighted by atomic mass is 10.1. The molecule has 0 spiro atoms. The lowest BCUT2D eigenvalue weighted by Gasteiger charge is -2.18. The molecule has 2 aromatic rings. The van der Waals surface area contributed by atoms with Gasteiger partial charge in [0, 0.05) is 29.4 Å². The largest absolute Gasteiger partial charge is 0.322 e. The van der Waals surface area contributed by atoms with Crippen molar-refractivity contribution in [2.24, 2.45) is 0 Å². The van der Waals surface area contributed by atoms with Gasteiger partial charge in [-0.05, 0) is 62.1 Å². The summed E-state index contributed by atoms with van der Waals surface area (Å²) in [5, 5.41) is 3.36. The Bertz CT molecular complexity index is 951. The Morgan fingerprint density at radius 3 is 2.50 bits per heavy atom. The first-order valence-corrected chi connectivity index (χ1v) is 10.3. The summed E-state index contributed by atoms with van der Waals surface area (Å²) in [5.41, 5.74) is 2.30. The van der Waals surface area contributed by atoms with Crippen molar-refractivity contribution in [1.82, 2.24) is 4.31 Å². The van der Waals surface area contributed by atoms with E-state index in [0.717, 1.165) is 18.4 Å². The van der Waals surface area contributed by atoms with Crippen LogP contribution in [-0.2, 0) is 10.0 Å². The van der Waals surface area contributed by atoms with Gasteiger partial charge in [-0.1, -0.05) is 23.7 Å². The first kappa shape index (κ1) is 18.9. The maximum atomic E-state index is 12.9. The first-order valence-electron chi connectivity index (χ1n) is 8.48. The van der Waals surface area contributed by atoms with Crippen molar-refractivity contribution in [3.05, 3.63) is 58.1 Å². The molecule has 1 amide bonds. The number of hydrogen-bond acceptors (Lipinski definition) is 3. The zero-order valence-corrected chi connectivity index (χ0v) is 16.3. The minimum absolute atomic E-state index is 0.190. The summed E-state index contributed by atoms with van der Waals surface area (Å²) in [6.45, 7) is 4.61. The molecule has 0 aliphatic carbocycles. The summed E-state index contributed by atoms with van der Waals surface area (Å²) in [7, 11) is -3.58. The van der Waals surface area contributed by atoms with Gasteiger partial charge in [0.25, 0.3) is 5.91 Å². The van der Waals surface area contributed by atoms with Crippen LogP contribution >= 0.6 is 11.6 Å². The van der Waals surface area contributed by atoms with Gasteiger partial charge in [-0.15, -0.1) is 0 Å². The normalized spacial score (nSPS) is 15.2. The molecule has 0 radical (unpaired) electrons. The highest BCUT2D eigenvalue weighted by atomic mass is 35.5. The fraction of sp³-hybridized carbons (Fsp3) is 0.316. The van der Waals surface area contributed by atoms with Crippen molar-refractivity contribution in [3.8, 4) is 0 Å². The van der Waals surface area contributed by atoms with Crippen LogP contribution in [0.5, 0.6) is 0 Å². The number of sulfonamides is 1. The lowest BCUT2D eigenvalue weighted by Crippen LogP contribution is -2.28. The molecule has 2 aromatic carbocycles. The Balaban J connectivity index is 1.92. The molecule has 1 fully saturated rings. The van der Waals surface area contributed by atoms with Crippen molar-refractivity contribution in [1.29, 1.82) is 0 Å². The summed E-state index contributed by atoms with van der Waals surface area (Å²) < 4.78 is 27.2. The molecule has 7 heteroatoms. The third-order valence-corrected chi connectivity index (χ3v) is 7.10. The van der Waals surface area contributed by atoms with Gasteiger partial charge in [0.15, 0.2) is 0 Å². The van der Waals surface area contributed by atoms with E-state index >= 15 is 0 Å². The van der Waals surface area contributed by atoms with Crippen molar-refractivity contribution >= 4 is 33.2 Å². The molecule has 0 aromatic heterocycles. The van der Waals surface area contributed by atoms with E-state index in [0.29, 0.717) is 34.9 Å². The summed E-state index contributed by atoms with van der Waals surface area (Å²) >= 11 is 6.09. The van der Waals surface area contributed by atoms with E-state index in [1.807, 2.05) is 6.92 Å². The molecule has 0 atom stereocenters. The van der Waals surface area contributed by atoms with Crippen LogP contribution in [-0.4, -0.2) is 31.7 Å². The lowest BCUT2D eigenvalue weighted by molar-refractivity contribution is 0.102. The van der Waals surface area contributed by atoms with Crippen LogP contribution in [0.3, 0.4) is 0 Å². The van der Waals surface area contributed by atoms with E-state index in [9.17, 15) is 13.2 Å². The predicted molar refractivity (Wildman–Crippen MR) is 103 cm³/mol. The number of carbonyl (C=O) groups excluding carboxylic acids is 1. The van der Waals surface area contributed by atoms with E-state index in [1.165, 1.54) is 10.4 Å². The number of nitrogens with one attached hydrogen (secondary N) is 1. The molecule has 1 aliphatic rings. The number of benzene rings is 2. The van der Waals surface area contributed by atoms with Crippen molar-refractivity contribution in [3.63, 3.8) is 0 Å². The molecular formula is C19H21ClN2O3S. The third kappa shape index (κ3) is 3.63. The number of amides is 1. The summed E-state index contributed by atoms with van der Waals surface area (Å²) in [6, 6.07) is 10.0. The molecule has 26 heavy (non-hydrogen) atoms. The van der Waals surface area contributed by atoms with Gasteiger partial charge >= 0.3 is 0 Å². The van der Waals surface area contributed by atoms with E-state index in [-0.39, 0.29) is 10.8 Å². The molecule has 0 bridgehead atoms. The molecule has 1 N–H and O–H groups in total. The number of halogens is 1. The second kappa shape index (κ2) is 7.39. The predicted octanol–water partition coefficient (Wildman–Crippen LogP) is 3.99. The quantitative estimate of drug-likeness (QED) is 0.855. The maximum absolute atomic E-state index is 12.9. The van der Waals surface area contributed by atoms with Crippen molar-refractivity contribution in [2.45, 2.75) is 31.6 Å². The smallest absolute Gasteiger partial charge is 0.255 e. The van der Waals surface area contributed by atoms with Gasteiger partial charge in [-0.25, -0.2) is 8.42 Å². The Hall–Kier alpha value is -1.89. The first-order chi connectivity index (χ1) is 12.3. The number of hydrogen-bond donors (Lipinski definition) is 1. The molecule has 3 rings (SSSR count). The van der Waals surface area contributed by atoms with Gasteiger partial charge in [-0.3, -0.25) is 4.79 Å². The zero-order chi connectivity index (χ0) is 18.9. The molecule has 1 saturated heterocycles. The molecule has 0 saturated carbocycles. The van der Waals surface area contributed by atoms with E-state index in [1.54, 1.807) is 37.3 Å². The van der Waals surface area contributed by atoms with Gasteiger partial charge in [0.1, 0.15) is 0 Å². The highest BCUT2D eigenvalue weighted by molar-refractivity contribution is 7.89. The summed E-state index contributed by atoms with van der Waals surface area (Å²) in [5.74, 6) is -0.367. The van der Waals surface area contributed by atoms with Crippen LogP contribution < -0.4 is 5.32 Å². The summed E-state index contributed by atoms with van der Waals surface area (Å²) in [4.78, 5) is 12.8. The minimum Gasteiger partial charge on any atom is -0.322 e. The number of anilines is 1. The second-order valence-corrected chi connectivity index (χ2v) is 8.77. The zero-order valence-electron chi connectivity index (χ0n) is 14.8. The average molecular weight is 393 g/mol. The minimum atomic E-state index is -3.58. The molecule has 5 nitrogen and oxygen atoms in total. The highest BCUT2D eigenvalue weighted by Gasteiger charge is 2.29. The van der Waals surface area contributed by atoms with Gasteiger partial charge in [0.05, 0.1) is 4.90 Å². The SMILES string of the molecule is Cc1ccc(C(=O)Nc2cccc(Cl)c2C)cc1S(=O)(=O)N1CCCC1. The second-order valence-electron chi connectivity index (χ2n) is 6.46. The Morgan fingerprint density at radius 2 is 1.81 bits per heavy atom. The van der Waals surface area contributed by atoms with E-state index in [2.05, 4.69) is 5.32 Å². The standard InChI is InChI=1S/C19H21ClN2O3S/c1-13-8-9-15(12-18(13)26(24,25)22-10-3-4-11-22)19(23)21-17-7-5-6-16(20)14(17)2/h5-9,12H,3-4,10-11H2,1-2H3,(H,21,23).